The van der Waals surface area contributed by atoms with E-state index in [1.54, 1.807) is 0 Å². The first-order valence-electron chi connectivity index (χ1n) is 5.67. The maximum atomic E-state index is 12.2. The molecule has 0 saturated heterocycles. The minimum Gasteiger partial charge on any atom is -0.396 e. The lowest BCUT2D eigenvalue weighted by atomic mass is 10.3. The van der Waals surface area contributed by atoms with Crippen LogP contribution in [0.4, 0.5) is 11.4 Å². The van der Waals surface area contributed by atoms with E-state index in [2.05, 4.69) is 5.43 Å². The monoisotopic (exact) mass is 304 g/mol. The van der Waals surface area contributed by atoms with E-state index in [4.69, 9.17) is 10.9 Å². The summed E-state index contributed by atoms with van der Waals surface area (Å²) in [4.78, 5) is 9.96. The maximum Gasteiger partial charge on any atom is 0.293 e. The fraction of sp³-hybridized carbons (Fsp3) is 0.400. The third kappa shape index (κ3) is 3.42. The summed E-state index contributed by atoms with van der Waals surface area (Å²) in [5, 5.41) is 19.4. The van der Waals surface area contributed by atoms with Gasteiger partial charge in [0.05, 0.1) is 9.82 Å². The van der Waals surface area contributed by atoms with Gasteiger partial charge in [-0.1, -0.05) is 0 Å². The standard InChI is InChI=1S/C10H16N4O5S/c1-13(5-2-6-15)20(18,19)8-3-4-10(14(16)17)9(7-8)12-11/h3-4,7,12,15H,2,5-6,11H2,1H3. The minimum absolute atomic E-state index is 0.0911. The summed E-state index contributed by atoms with van der Waals surface area (Å²) in [5.41, 5.74) is 1.70. The molecular weight excluding hydrogens is 288 g/mol. The number of aliphatic hydroxyl groups excluding tert-OH is 1. The van der Waals surface area contributed by atoms with Crippen LogP contribution < -0.4 is 11.3 Å². The molecule has 4 N–H and O–H groups in total. The first kappa shape index (κ1) is 16.3. The van der Waals surface area contributed by atoms with Gasteiger partial charge in [0.2, 0.25) is 10.0 Å². The molecule has 0 fully saturated rings. The Morgan fingerprint density at radius 1 is 1.50 bits per heavy atom. The lowest BCUT2D eigenvalue weighted by Crippen LogP contribution is -2.28. The number of nitrogens with two attached hydrogens (primary N) is 1. The van der Waals surface area contributed by atoms with Crippen LogP contribution in [0.15, 0.2) is 23.1 Å². The van der Waals surface area contributed by atoms with Crippen LogP contribution >= 0.6 is 0 Å². The average Bonchev–Trinajstić information content (AvgIpc) is 2.43. The highest BCUT2D eigenvalue weighted by atomic mass is 32.2. The summed E-state index contributed by atoms with van der Waals surface area (Å²) in [6.45, 7) is 0.0108. The van der Waals surface area contributed by atoms with Crippen LogP contribution in [0.5, 0.6) is 0 Å². The second kappa shape index (κ2) is 6.61. The van der Waals surface area contributed by atoms with Crippen LogP contribution in [-0.2, 0) is 10.0 Å². The van der Waals surface area contributed by atoms with Gasteiger partial charge in [0.25, 0.3) is 5.69 Å². The Bertz CT molecular complexity index is 589. The quantitative estimate of drug-likeness (QED) is 0.362. The zero-order valence-electron chi connectivity index (χ0n) is 10.8. The van der Waals surface area contributed by atoms with Crippen LogP contribution in [0.25, 0.3) is 0 Å². The van der Waals surface area contributed by atoms with E-state index in [0.717, 1.165) is 22.5 Å². The molecule has 9 nitrogen and oxygen atoms in total. The van der Waals surface area contributed by atoms with Gasteiger partial charge in [0, 0.05) is 26.3 Å². The number of nitrogens with zero attached hydrogens (tertiary/aromatic N) is 2. The number of nitro groups is 1. The van der Waals surface area contributed by atoms with Crippen molar-refractivity contribution in [3.05, 3.63) is 28.3 Å². The second-order valence-electron chi connectivity index (χ2n) is 3.98. The molecule has 112 valence electrons. The van der Waals surface area contributed by atoms with Crippen molar-refractivity contribution in [1.29, 1.82) is 0 Å². The number of sulfonamides is 1. The number of aliphatic hydroxyl groups is 1. The van der Waals surface area contributed by atoms with E-state index in [0.29, 0.717) is 6.42 Å². The van der Waals surface area contributed by atoms with Crippen molar-refractivity contribution in [2.75, 3.05) is 25.6 Å². The van der Waals surface area contributed by atoms with Gasteiger partial charge in [-0.05, 0) is 18.6 Å². The summed E-state index contributed by atoms with van der Waals surface area (Å²) >= 11 is 0. The molecular formula is C10H16N4O5S. The third-order valence-corrected chi connectivity index (χ3v) is 4.51. The Hall–Kier alpha value is -1.75. The number of hydrazine groups is 1. The van der Waals surface area contributed by atoms with E-state index in [1.807, 2.05) is 0 Å². The predicted octanol–water partition coefficient (Wildman–Crippen LogP) is -0.117. The van der Waals surface area contributed by atoms with Gasteiger partial charge in [-0.25, -0.2) is 12.7 Å². The molecule has 0 spiro atoms. The molecule has 10 heteroatoms. The molecule has 1 aromatic rings. The largest absolute Gasteiger partial charge is 0.396 e. The number of nitrogens with one attached hydrogen (secondary N) is 1. The zero-order chi connectivity index (χ0) is 15.3. The fourth-order valence-electron chi connectivity index (χ4n) is 1.54. The first-order chi connectivity index (χ1) is 9.34. The molecule has 0 aromatic heterocycles. The molecule has 20 heavy (non-hydrogen) atoms. The minimum atomic E-state index is -3.78. The summed E-state index contributed by atoms with van der Waals surface area (Å²) in [6, 6.07) is 3.31. The highest BCUT2D eigenvalue weighted by Crippen LogP contribution is 2.27. The topological polar surface area (TPSA) is 139 Å². The van der Waals surface area contributed by atoms with Crippen LogP contribution in [0, 0.1) is 10.1 Å². The number of hydrogen-bond acceptors (Lipinski definition) is 7. The number of hydrogen-bond donors (Lipinski definition) is 3. The van der Waals surface area contributed by atoms with E-state index in [-0.39, 0.29) is 29.4 Å². The lowest BCUT2D eigenvalue weighted by molar-refractivity contribution is -0.384. The van der Waals surface area contributed by atoms with Gasteiger partial charge in [0.15, 0.2) is 0 Å². The molecule has 0 radical (unpaired) electrons. The molecule has 0 atom stereocenters. The normalized spacial score (nSPS) is 11.6. The molecule has 0 aliphatic carbocycles. The molecule has 0 bridgehead atoms. The summed E-state index contributed by atoms with van der Waals surface area (Å²) in [6.07, 6.45) is 0.296. The van der Waals surface area contributed by atoms with Gasteiger partial charge in [0.1, 0.15) is 5.69 Å². The van der Waals surface area contributed by atoms with Gasteiger partial charge < -0.3 is 10.5 Å². The van der Waals surface area contributed by atoms with E-state index in [1.165, 1.54) is 7.05 Å². The van der Waals surface area contributed by atoms with Gasteiger partial charge in [-0.15, -0.1) is 0 Å². The van der Waals surface area contributed by atoms with Crippen molar-refractivity contribution in [2.45, 2.75) is 11.3 Å². The maximum absolute atomic E-state index is 12.2. The van der Waals surface area contributed by atoms with Crippen molar-refractivity contribution in [1.82, 2.24) is 4.31 Å². The van der Waals surface area contributed by atoms with Crippen LogP contribution in [0.1, 0.15) is 6.42 Å². The smallest absolute Gasteiger partial charge is 0.293 e. The Labute approximate surface area is 116 Å². The molecule has 0 unspecified atom stereocenters. The van der Waals surface area contributed by atoms with Crippen molar-refractivity contribution in [3.8, 4) is 0 Å². The van der Waals surface area contributed by atoms with Gasteiger partial charge in [-0.2, -0.15) is 0 Å². The highest BCUT2D eigenvalue weighted by molar-refractivity contribution is 7.89. The molecule has 0 amide bonds. The number of nitro benzene ring substituents is 1. The second-order valence-corrected chi connectivity index (χ2v) is 6.03. The van der Waals surface area contributed by atoms with Crippen molar-refractivity contribution >= 4 is 21.4 Å². The number of anilines is 1. The Kier molecular flexibility index (Phi) is 5.39. The molecule has 0 heterocycles. The summed E-state index contributed by atoms with van der Waals surface area (Å²) in [5.74, 6) is 5.16. The fourth-order valence-corrected chi connectivity index (χ4v) is 2.78. The molecule has 1 rings (SSSR count). The molecule has 1 aromatic carbocycles. The zero-order valence-corrected chi connectivity index (χ0v) is 11.6. The Morgan fingerprint density at radius 3 is 2.65 bits per heavy atom. The SMILES string of the molecule is CN(CCCO)S(=O)(=O)c1ccc([N+](=O)[O-])c(NN)c1. The van der Waals surface area contributed by atoms with E-state index in [9.17, 15) is 18.5 Å². The molecule has 0 aliphatic rings. The van der Waals surface area contributed by atoms with Crippen LogP contribution in [0.2, 0.25) is 0 Å². The number of rotatable bonds is 7. The molecule has 0 saturated carbocycles. The summed E-state index contributed by atoms with van der Waals surface area (Å²) < 4.78 is 25.4. The van der Waals surface area contributed by atoms with E-state index >= 15 is 0 Å². The number of nitrogen functional groups attached to an aromatic ring is 1. The van der Waals surface area contributed by atoms with Crippen molar-refractivity contribution in [2.24, 2.45) is 5.84 Å². The highest BCUT2D eigenvalue weighted by Gasteiger charge is 2.23. The summed E-state index contributed by atoms with van der Waals surface area (Å²) in [7, 11) is -2.42. The first-order valence-corrected chi connectivity index (χ1v) is 7.11. The predicted molar refractivity (Wildman–Crippen MR) is 72.4 cm³/mol. The Morgan fingerprint density at radius 2 is 2.15 bits per heavy atom. The third-order valence-electron chi connectivity index (χ3n) is 2.66. The lowest BCUT2D eigenvalue weighted by Gasteiger charge is -2.17. The van der Waals surface area contributed by atoms with Crippen LogP contribution in [-0.4, -0.2) is 43.0 Å². The van der Waals surface area contributed by atoms with Crippen molar-refractivity contribution in [3.63, 3.8) is 0 Å². The number of benzene rings is 1. The van der Waals surface area contributed by atoms with Gasteiger partial charge >= 0.3 is 0 Å². The Balaban J connectivity index is 3.16. The average molecular weight is 304 g/mol. The van der Waals surface area contributed by atoms with E-state index < -0.39 is 14.9 Å². The van der Waals surface area contributed by atoms with Gasteiger partial charge in [-0.3, -0.25) is 16.0 Å². The molecule has 0 aliphatic heterocycles. The van der Waals surface area contributed by atoms with Crippen LogP contribution in [0.3, 0.4) is 0 Å². The van der Waals surface area contributed by atoms with Crippen molar-refractivity contribution < 1.29 is 18.4 Å².